The Morgan fingerprint density at radius 2 is 0.815 bits per heavy atom. The Labute approximate surface area is 466 Å². The van der Waals surface area contributed by atoms with Crippen LogP contribution < -0.4 is 30.7 Å². The number of hydrogen-bond donors (Lipinski definition) is 4. The summed E-state index contributed by atoms with van der Waals surface area (Å²) in [5.41, 5.74) is 4.96. The summed E-state index contributed by atoms with van der Waals surface area (Å²) in [5, 5.41) is 11.6. The van der Waals surface area contributed by atoms with Crippen molar-refractivity contribution in [2.45, 2.75) is 79.7 Å². The maximum atomic E-state index is 13.0. The molecule has 8 aromatic rings. The predicted molar refractivity (Wildman–Crippen MR) is 295 cm³/mol. The van der Waals surface area contributed by atoms with E-state index in [1.807, 2.05) is 121 Å². The Balaban J connectivity index is 0.887. The summed E-state index contributed by atoms with van der Waals surface area (Å²) in [6.45, 7) is 7.47. The number of amides is 2. The van der Waals surface area contributed by atoms with Crippen molar-refractivity contribution in [2.75, 3.05) is 43.7 Å². The molecule has 4 heterocycles. The quantitative estimate of drug-likeness (QED) is 0.0146. The van der Waals surface area contributed by atoms with Crippen molar-refractivity contribution < 1.29 is 57.1 Å². The van der Waals surface area contributed by atoms with Gasteiger partial charge in [0, 0.05) is 0 Å². The van der Waals surface area contributed by atoms with E-state index in [4.69, 9.17) is 47.9 Å². The average molecular weight is 1110 g/mol. The molecule has 0 saturated carbocycles. The first-order valence-corrected chi connectivity index (χ1v) is 26.2. The van der Waals surface area contributed by atoms with Crippen molar-refractivity contribution in [1.29, 1.82) is 0 Å². The number of fused-ring (bicyclic) bond motifs is 2. The van der Waals surface area contributed by atoms with Gasteiger partial charge in [-0.15, -0.1) is 0 Å². The smallest absolute Gasteiger partial charge is 0.408 e. The number of hydrogen-bond acceptors (Lipinski definition) is 20. The maximum absolute atomic E-state index is 13.0. The van der Waals surface area contributed by atoms with Crippen LogP contribution in [0.4, 0.5) is 21.5 Å². The van der Waals surface area contributed by atoms with Gasteiger partial charge in [0.2, 0.25) is 23.7 Å². The highest BCUT2D eigenvalue weighted by atomic mass is 16.6. The van der Waals surface area contributed by atoms with E-state index in [-0.39, 0.29) is 108 Å². The molecule has 0 bridgehead atoms. The zero-order valence-corrected chi connectivity index (χ0v) is 45.3. The molecule has 0 aliphatic carbocycles. The Morgan fingerprint density at radius 3 is 1.17 bits per heavy atom. The summed E-state index contributed by atoms with van der Waals surface area (Å²) in [6, 6.07) is 35.7. The molecule has 0 unspecified atom stereocenters. The molecule has 4 aromatic heterocycles. The largest absolute Gasteiger partial charge is 0.471 e. The van der Waals surface area contributed by atoms with Gasteiger partial charge >= 0.3 is 24.1 Å². The van der Waals surface area contributed by atoms with Crippen molar-refractivity contribution in [3.63, 3.8) is 0 Å². The number of rotatable bonds is 30. The number of esters is 2. The summed E-state index contributed by atoms with van der Waals surface area (Å²) < 4.78 is 49.1. The Kier molecular flexibility index (Phi) is 21.0. The minimum absolute atomic E-state index is 0.0157. The number of benzene rings is 4. The molecule has 4 aromatic carbocycles. The number of nitrogens with one attached hydrogen (secondary N) is 4. The SMILES string of the molecule is CC(C)[C@H](NC(=O)OCc1ccccc1)C(=O)OCCOCn1cnc2c(OCc3ccccc3)nc(NCNc3nc(OCc4ccccc4)c4ncn(COCCOC(=O)[C@@H](NC(=O)OCc5ccccc5)C(C)C)c4n3)nc21. The third-order valence-electron chi connectivity index (χ3n) is 12.0. The summed E-state index contributed by atoms with van der Waals surface area (Å²) in [7, 11) is 0. The third kappa shape index (κ3) is 17.3. The van der Waals surface area contributed by atoms with E-state index in [2.05, 4.69) is 41.2 Å². The van der Waals surface area contributed by atoms with Crippen LogP contribution in [-0.4, -0.2) is 108 Å². The van der Waals surface area contributed by atoms with Crippen molar-refractivity contribution in [3.8, 4) is 11.8 Å². The van der Waals surface area contributed by atoms with Crippen molar-refractivity contribution >= 4 is 58.3 Å². The van der Waals surface area contributed by atoms with Crippen LogP contribution in [0.25, 0.3) is 22.3 Å². The zero-order valence-electron chi connectivity index (χ0n) is 45.3. The molecule has 0 saturated heterocycles. The highest BCUT2D eigenvalue weighted by Crippen LogP contribution is 2.26. The van der Waals surface area contributed by atoms with E-state index in [0.29, 0.717) is 22.3 Å². The summed E-state index contributed by atoms with van der Waals surface area (Å²) >= 11 is 0. The monoisotopic (exact) mass is 1110 g/mol. The molecule has 24 nitrogen and oxygen atoms in total. The number of carbonyl (C=O) groups is 4. The normalized spacial score (nSPS) is 11.9. The van der Waals surface area contributed by atoms with Crippen LogP contribution in [0.2, 0.25) is 0 Å². The van der Waals surface area contributed by atoms with Gasteiger partial charge in [-0.1, -0.05) is 149 Å². The number of carbonyl (C=O) groups excluding carboxylic acids is 4. The molecule has 8 rings (SSSR count). The first-order chi connectivity index (χ1) is 39.5. The molecule has 2 amide bonds. The third-order valence-corrected chi connectivity index (χ3v) is 12.0. The first kappa shape index (κ1) is 57.7. The minimum Gasteiger partial charge on any atom is -0.471 e. The van der Waals surface area contributed by atoms with Gasteiger partial charge in [0.1, 0.15) is 65.2 Å². The van der Waals surface area contributed by atoms with E-state index >= 15 is 0 Å². The lowest BCUT2D eigenvalue weighted by molar-refractivity contribution is -0.150. The number of anilines is 2. The van der Waals surface area contributed by atoms with Gasteiger partial charge in [-0.2, -0.15) is 19.9 Å². The van der Waals surface area contributed by atoms with Crippen LogP contribution in [-0.2, 0) is 77.9 Å². The number of ether oxygens (including phenoxy) is 8. The van der Waals surface area contributed by atoms with E-state index in [9.17, 15) is 19.2 Å². The fraction of sp³-hybridized carbons (Fsp3) is 0.333. The molecular weight excluding hydrogens is 1040 g/mol. The zero-order chi connectivity index (χ0) is 56.8. The molecule has 0 radical (unpaired) electrons. The van der Waals surface area contributed by atoms with Gasteiger partial charge in [0.05, 0.1) is 32.5 Å². The lowest BCUT2D eigenvalue weighted by Crippen LogP contribution is -2.45. The van der Waals surface area contributed by atoms with E-state index in [1.54, 1.807) is 36.8 Å². The number of alkyl carbamates (subject to hydrolysis) is 2. The summed E-state index contributed by atoms with van der Waals surface area (Å²) in [4.78, 5) is 79.1. The van der Waals surface area contributed by atoms with E-state index in [0.717, 1.165) is 22.3 Å². The molecule has 81 heavy (non-hydrogen) atoms. The van der Waals surface area contributed by atoms with Gasteiger partial charge < -0.3 is 59.2 Å². The van der Waals surface area contributed by atoms with Crippen LogP contribution in [0.5, 0.6) is 11.8 Å². The van der Waals surface area contributed by atoms with Gasteiger partial charge in [-0.05, 0) is 34.1 Å². The lowest BCUT2D eigenvalue weighted by atomic mass is 10.1. The van der Waals surface area contributed by atoms with E-state index < -0.39 is 36.2 Å². The van der Waals surface area contributed by atoms with Gasteiger partial charge in [-0.3, -0.25) is 9.13 Å². The average Bonchev–Trinajstić information content (AvgIpc) is 4.23. The molecule has 0 spiro atoms. The summed E-state index contributed by atoms with van der Waals surface area (Å²) in [5.74, 6) is -1.07. The predicted octanol–water partition coefficient (Wildman–Crippen LogP) is 7.54. The van der Waals surface area contributed by atoms with Gasteiger partial charge in [-0.25, -0.2) is 29.1 Å². The van der Waals surface area contributed by atoms with Crippen molar-refractivity contribution in [3.05, 3.63) is 156 Å². The molecule has 424 valence electrons. The second kappa shape index (κ2) is 29.5. The Hall–Kier alpha value is -9.42. The topological polar surface area (TPSA) is 277 Å². The van der Waals surface area contributed by atoms with Crippen LogP contribution in [0, 0.1) is 11.8 Å². The van der Waals surface area contributed by atoms with Crippen LogP contribution >= 0.6 is 0 Å². The number of imidazole rings is 2. The summed E-state index contributed by atoms with van der Waals surface area (Å²) in [6.07, 6.45) is 1.60. The number of aromatic nitrogens is 8. The molecule has 0 fully saturated rings. The van der Waals surface area contributed by atoms with E-state index in [1.165, 1.54) is 12.7 Å². The molecular formula is C57H64N12O12. The fourth-order valence-electron chi connectivity index (χ4n) is 7.73. The van der Waals surface area contributed by atoms with Crippen LogP contribution in [0.3, 0.4) is 0 Å². The lowest BCUT2D eigenvalue weighted by Gasteiger charge is -2.20. The Bertz CT molecular complexity index is 3060. The van der Waals surface area contributed by atoms with Gasteiger partial charge in [0.15, 0.2) is 22.3 Å². The minimum atomic E-state index is -0.942. The van der Waals surface area contributed by atoms with Crippen molar-refractivity contribution in [2.24, 2.45) is 11.8 Å². The van der Waals surface area contributed by atoms with Crippen LogP contribution in [0.1, 0.15) is 49.9 Å². The highest BCUT2D eigenvalue weighted by Gasteiger charge is 2.28. The highest BCUT2D eigenvalue weighted by molar-refractivity contribution is 5.82. The molecule has 24 heteroatoms. The molecule has 2 atom stereocenters. The Morgan fingerprint density at radius 1 is 0.457 bits per heavy atom. The molecule has 0 aliphatic heterocycles. The second-order valence-electron chi connectivity index (χ2n) is 18.8. The maximum Gasteiger partial charge on any atom is 0.408 e. The first-order valence-electron chi connectivity index (χ1n) is 26.2. The standard InChI is InChI=1S/C57H64N12O12/c1-38(2)44(62-56(72)80-31-42-21-13-7-14-22-42)52(70)76-27-25-74-36-68-34-60-46-48(68)64-54(66-50(46)78-29-40-17-9-5-10-18-40)58-33-59-55-65-49-47(51(67-55)79-30-41-19-11-6-12-20-41)61-35-69(49)37-75-26-28-77-53(71)45(39(3)4)63-57(73)81-32-43-23-15-8-16-24-43/h5-24,34-35,38-39,44-45H,25-33,36-37H2,1-4H3,(H,62,72)(H,63,73)(H,58,64,66)(H,59,65,67)/t44-,45-/m0/s1. The van der Waals surface area contributed by atoms with Gasteiger partial charge in [0.25, 0.3) is 0 Å². The number of nitrogens with zero attached hydrogens (tertiary/aromatic N) is 8. The molecule has 0 aliphatic rings. The molecule has 4 N–H and O–H groups in total. The van der Waals surface area contributed by atoms with Crippen molar-refractivity contribution in [1.82, 2.24) is 49.7 Å². The fourth-order valence-corrected chi connectivity index (χ4v) is 7.73. The van der Waals surface area contributed by atoms with Crippen LogP contribution in [0.15, 0.2) is 134 Å². The second-order valence-corrected chi connectivity index (χ2v) is 18.8.